The Labute approximate surface area is 78.3 Å². The molecule has 0 aliphatic heterocycles. The van der Waals surface area contributed by atoms with Crippen LogP contribution in [0.15, 0.2) is 0 Å². The minimum atomic E-state index is -5.80. The molecule has 0 unspecified atom stereocenters. The molecule has 0 aromatic heterocycles. The molecule has 0 amide bonds. The number of hydrogen-bond acceptors (Lipinski definition) is 7. The molecule has 13 heavy (non-hydrogen) atoms. The fourth-order valence-electron chi connectivity index (χ4n) is 0.254. The number of alkyl halides is 1. The molecule has 0 N–H and O–H groups in total. The van der Waals surface area contributed by atoms with Gasteiger partial charge in [0.1, 0.15) is 25.8 Å². The van der Waals surface area contributed by atoms with Gasteiger partial charge in [-0.15, -0.1) is 0 Å². The molecule has 0 heterocycles. The van der Waals surface area contributed by atoms with Gasteiger partial charge in [0.2, 0.25) is 0 Å². The zero-order valence-corrected chi connectivity index (χ0v) is 7.82. The summed E-state index contributed by atoms with van der Waals surface area (Å²) in [5.41, 5.74) is 0. The predicted octanol–water partition coefficient (Wildman–Crippen LogP) is -0.223. The van der Waals surface area contributed by atoms with E-state index in [2.05, 4.69) is 4.18 Å². The summed E-state index contributed by atoms with van der Waals surface area (Å²) in [4.78, 5) is 16.3. The van der Waals surface area contributed by atoms with Gasteiger partial charge < -0.3 is 0 Å². The Morgan fingerprint density at radius 3 is 1.69 bits per heavy atom. The van der Waals surface area contributed by atoms with Gasteiger partial charge in [-0.3, -0.25) is 20.2 Å². The minimum Gasteiger partial charge on any atom is -0.255 e. The standard InChI is InChI=1S/CBrFN2O7S/c2-1(4(6)7,5(8)9)12-13(3,10)11. The Kier molecular flexibility index (Phi) is 3.23. The first-order chi connectivity index (χ1) is 5.59. The van der Waals surface area contributed by atoms with Crippen molar-refractivity contribution in [1.29, 1.82) is 0 Å². The lowest BCUT2D eigenvalue weighted by molar-refractivity contribution is -0.799. The van der Waals surface area contributed by atoms with Crippen LogP contribution in [-0.4, -0.2) is 23.0 Å². The summed E-state index contributed by atoms with van der Waals surface area (Å²) in [5, 5.41) is 19.8. The molecular formula is CBrFN2O7S. The van der Waals surface area contributed by atoms with Crippen LogP contribution < -0.4 is 0 Å². The third kappa shape index (κ3) is 3.16. The monoisotopic (exact) mass is 282 g/mol. The highest BCUT2D eigenvalue weighted by molar-refractivity contribution is 9.09. The van der Waals surface area contributed by atoms with Crippen molar-refractivity contribution >= 4 is 26.4 Å². The Morgan fingerprint density at radius 1 is 1.31 bits per heavy atom. The maximum atomic E-state index is 11.7. The largest absolute Gasteiger partial charge is 0.651 e. The van der Waals surface area contributed by atoms with Gasteiger partial charge in [0.25, 0.3) is 0 Å². The van der Waals surface area contributed by atoms with Crippen LogP contribution in [0.4, 0.5) is 3.89 Å². The quantitative estimate of drug-likeness (QED) is 0.174. The summed E-state index contributed by atoms with van der Waals surface area (Å²) in [6.45, 7) is 0. The zero-order chi connectivity index (χ0) is 10.9. The molecule has 0 rings (SSSR count). The van der Waals surface area contributed by atoms with Crippen LogP contribution in [0, 0.1) is 20.2 Å². The van der Waals surface area contributed by atoms with Crippen molar-refractivity contribution in [2.24, 2.45) is 0 Å². The highest BCUT2D eigenvalue weighted by Gasteiger charge is 2.60. The summed E-state index contributed by atoms with van der Waals surface area (Å²) in [6.07, 6.45) is 0. The molecule has 0 aliphatic carbocycles. The normalized spacial score (nSPS) is 12.5. The van der Waals surface area contributed by atoms with Gasteiger partial charge in [-0.25, -0.2) is 0 Å². The lowest BCUT2D eigenvalue weighted by Gasteiger charge is -2.05. The van der Waals surface area contributed by atoms with Gasteiger partial charge in [-0.2, -0.15) is 8.42 Å². The summed E-state index contributed by atoms with van der Waals surface area (Å²) in [6, 6.07) is 0. The second kappa shape index (κ2) is 3.47. The van der Waals surface area contributed by atoms with Crippen LogP contribution in [0.5, 0.6) is 0 Å². The third-order valence-electron chi connectivity index (χ3n) is 0.656. The van der Waals surface area contributed by atoms with E-state index in [1.807, 2.05) is 0 Å². The highest BCUT2D eigenvalue weighted by Crippen LogP contribution is 2.24. The van der Waals surface area contributed by atoms with Crippen molar-refractivity contribution in [3.05, 3.63) is 20.2 Å². The molecule has 0 atom stereocenters. The first kappa shape index (κ1) is 12.1. The molecule has 0 aromatic carbocycles. The lowest BCUT2D eigenvalue weighted by atomic mass is 11.0. The SMILES string of the molecule is O=[N+]([O-])C(Br)(OS(=O)(=O)F)[N+](=O)[O-]. The van der Waals surface area contributed by atoms with Crippen molar-refractivity contribution in [1.82, 2.24) is 0 Å². The second-order valence-corrected chi connectivity index (χ2v) is 3.51. The highest BCUT2D eigenvalue weighted by atomic mass is 79.9. The number of hydrogen-bond donors (Lipinski definition) is 0. The van der Waals surface area contributed by atoms with E-state index in [4.69, 9.17) is 0 Å². The smallest absolute Gasteiger partial charge is 0.255 e. The van der Waals surface area contributed by atoms with Gasteiger partial charge in [-0.1, -0.05) is 8.07 Å². The van der Waals surface area contributed by atoms with E-state index in [0.29, 0.717) is 0 Å². The predicted molar refractivity (Wildman–Crippen MR) is 36.8 cm³/mol. The van der Waals surface area contributed by atoms with Crippen molar-refractivity contribution in [3.8, 4) is 0 Å². The van der Waals surface area contributed by atoms with E-state index in [0.717, 1.165) is 0 Å². The molecule has 12 heteroatoms. The molecule has 0 saturated carbocycles. The van der Waals surface area contributed by atoms with Gasteiger partial charge >= 0.3 is 15.3 Å². The zero-order valence-electron chi connectivity index (χ0n) is 5.42. The molecule has 76 valence electrons. The molecule has 0 bridgehead atoms. The molecule has 0 radical (unpaired) electrons. The molecule has 0 aliphatic rings. The van der Waals surface area contributed by atoms with E-state index in [9.17, 15) is 32.5 Å². The average Bonchev–Trinajstić information content (AvgIpc) is 1.82. The minimum absolute atomic E-state index is 1.71. The Balaban J connectivity index is 5.06. The summed E-state index contributed by atoms with van der Waals surface area (Å²) in [5.74, 6) is 0. The Morgan fingerprint density at radius 2 is 1.62 bits per heavy atom. The molecule has 0 saturated heterocycles. The van der Waals surface area contributed by atoms with Crippen molar-refractivity contribution in [3.63, 3.8) is 0 Å². The van der Waals surface area contributed by atoms with Gasteiger partial charge in [0, 0.05) is 0 Å². The van der Waals surface area contributed by atoms with Crippen LogP contribution in [0.2, 0.25) is 0 Å². The molecule has 0 spiro atoms. The third-order valence-corrected chi connectivity index (χ3v) is 2.04. The fourth-order valence-corrected chi connectivity index (χ4v) is 1.10. The summed E-state index contributed by atoms with van der Waals surface area (Å²) < 4.78 is 30.4. The van der Waals surface area contributed by atoms with Crippen LogP contribution >= 0.6 is 15.9 Å². The topological polar surface area (TPSA) is 130 Å². The average molecular weight is 283 g/mol. The van der Waals surface area contributed by atoms with Crippen molar-refractivity contribution in [2.45, 2.75) is 4.76 Å². The van der Waals surface area contributed by atoms with E-state index in [-0.39, 0.29) is 0 Å². The van der Waals surface area contributed by atoms with Crippen molar-refractivity contribution < 1.29 is 26.3 Å². The maximum absolute atomic E-state index is 11.7. The molecule has 9 nitrogen and oxygen atoms in total. The van der Waals surface area contributed by atoms with Crippen LogP contribution in [0.3, 0.4) is 0 Å². The molecule has 0 aromatic rings. The Bertz CT molecular complexity index is 322. The van der Waals surface area contributed by atoms with E-state index in [1.54, 1.807) is 15.9 Å². The maximum Gasteiger partial charge on any atom is 0.651 e. The van der Waals surface area contributed by atoms with Crippen molar-refractivity contribution in [2.75, 3.05) is 0 Å². The number of rotatable bonds is 4. The van der Waals surface area contributed by atoms with E-state index in [1.165, 1.54) is 0 Å². The molecule has 0 fully saturated rings. The van der Waals surface area contributed by atoms with Crippen LogP contribution in [-0.2, 0) is 14.7 Å². The summed E-state index contributed by atoms with van der Waals surface area (Å²) >= 11 is 1.71. The first-order valence-corrected chi connectivity index (χ1v) is 4.33. The fraction of sp³-hybridized carbons (Fsp3) is 1.00. The Hall–Kier alpha value is -0.880. The van der Waals surface area contributed by atoms with Gasteiger partial charge in [-0.05, 0) is 0 Å². The molecular weight excluding hydrogens is 283 g/mol. The van der Waals surface area contributed by atoms with Crippen LogP contribution in [0.25, 0.3) is 0 Å². The number of nitro groups is 2. The lowest BCUT2D eigenvalue weighted by Crippen LogP contribution is -2.43. The number of halogens is 2. The van der Waals surface area contributed by atoms with E-state index < -0.39 is 25.1 Å². The number of nitrogens with zero attached hydrogens (tertiary/aromatic N) is 2. The first-order valence-electron chi connectivity index (χ1n) is 2.22. The van der Waals surface area contributed by atoms with Crippen LogP contribution in [0.1, 0.15) is 0 Å². The van der Waals surface area contributed by atoms with Gasteiger partial charge in [0.15, 0.2) is 0 Å². The summed E-state index contributed by atoms with van der Waals surface area (Å²) in [7, 11) is -5.80. The van der Waals surface area contributed by atoms with Gasteiger partial charge in [0.05, 0.1) is 0 Å². The second-order valence-electron chi connectivity index (χ2n) is 1.52. The van der Waals surface area contributed by atoms with E-state index >= 15 is 0 Å².